The number of para-hydroxylation sites is 1. The third-order valence-corrected chi connectivity index (χ3v) is 14.0. The quantitative estimate of drug-likeness (QED) is 0.163. The van der Waals surface area contributed by atoms with Crippen LogP contribution in [0, 0.1) is 25.7 Å². The molecule has 0 saturated heterocycles. The van der Waals surface area contributed by atoms with Gasteiger partial charge in [0.05, 0.1) is 11.0 Å². The lowest BCUT2D eigenvalue weighted by Crippen LogP contribution is -2.37. The van der Waals surface area contributed by atoms with E-state index >= 15 is 0 Å². The van der Waals surface area contributed by atoms with Crippen LogP contribution < -0.4 is 0 Å². The first kappa shape index (κ1) is 36.0. The molecule has 4 nitrogen and oxygen atoms in total. The van der Waals surface area contributed by atoms with E-state index in [1.807, 2.05) is 0 Å². The molecule has 61 heavy (non-hydrogen) atoms. The normalized spacial score (nSPS) is 19.0. The highest BCUT2D eigenvalue weighted by Crippen LogP contribution is 2.62. The van der Waals surface area contributed by atoms with Gasteiger partial charge in [0.2, 0.25) is 0 Å². The lowest BCUT2D eigenvalue weighted by atomic mass is 9.57. The molecule has 3 unspecified atom stereocenters. The third-order valence-electron chi connectivity index (χ3n) is 14.0. The molecule has 0 aliphatic heterocycles. The minimum absolute atomic E-state index is 0.116. The van der Waals surface area contributed by atoms with Gasteiger partial charge in [0.1, 0.15) is 0 Å². The number of nitrogens with zero attached hydrogens (tertiary/aromatic N) is 4. The summed E-state index contributed by atoms with van der Waals surface area (Å²) in [6.45, 7) is 6.64. The van der Waals surface area contributed by atoms with Crippen molar-refractivity contribution in [2.24, 2.45) is 11.8 Å². The van der Waals surface area contributed by atoms with Crippen LogP contribution in [0.3, 0.4) is 0 Å². The second kappa shape index (κ2) is 13.8. The van der Waals surface area contributed by atoms with Crippen molar-refractivity contribution in [2.45, 2.75) is 51.9 Å². The molecular weight excluding hydrogens is 741 g/mol. The number of fused-ring (bicyclic) bond motifs is 11. The van der Waals surface area contributed by atoms with Gasteiger partial charge in [-0.15, -0.1) is 0 Å². The first-order valence-corrected chi connectivity index (χ1v) is 21.9. The molecule has 2 bridgehead atoms. The number of aryl methyl sites for hydroxylation is 2. The Hall–Kier alpha value is -6.91. The van der Waals surface area contributed by atoms with E-state index in [2.05, 4.69) is 189 Å². The fourth-order valence-electron chi connectivity index (χ4n) is 11.3. The number of hydrogen-bond donors (Lipinski definition) is 0. The molecule has 3 aliphatic rings. The molecular formula is C57H46N4. The standard InChI is InChI=1S/C57H46N4/c1-35-19-23-39(24-20-35)54-58-55(40-25-21-36(2)22-26-40)60-56(59-54)47-16-10-18-51-52(47)48-34-41(27-28-50(48)61(51)43-11-5-4-6-12-43)44-14-9-15-46-45-13-7-8-17-49(45)57(53(44)46)30-29-38-31-37(3)32-42(57)33-38/h4-28,32,34,37-38H,29-31,33H2,1-3H3. The maximum atomic E-state index is 5.29. The fraction of sp³-hybridized carbons (Fsp3) is 0.175. The molecule has 4 heteroatoms. The van der Waals surface area contributed by atoms with E-state index in [1.54, 1.807) is 5.57 Å². The Kier molecular flexibility index (Phi) is 8.15. The summed E-state index contributed by atoms with van der Waals surface area (Å²) >= 11 is 0. The second-order valence-electron chi connectivity index (χ2n) is 17.8. The van der Waals surface area contributed by atoms with Crippen molar-refractivity contribution in [2.75, 3.05) is 0 Å². The van der Waals surface area contributed by atoms with Crippen LogP contribution in [0.15, 0.2) is 169 Å². The van der Waals surface area contributed by atoms with Crippen molar-refractivity contribution >= 4 is 21.8 Å². The van der Waals surface area contributed by atoms with Crippen molar-refractivity contribution in [3.05, 3.63) is 192 Å². The minimum atomic E-state index is -0.116. The first-order chi connectivity index (χ1) is 29.9. The molecule has 3 atom stereocenters. The van der Waals surface area contributed by atoms with Gasteiger partial charge in [-0.1, -0.05) is 157 Å². The summed E-state index contributed by atoms with van der Waals surface area (Å²) in [7, 11) is 0. The Morgan fingerprint density at radius 2 is 1.18 bits per heavy atom. The smallest absolute Gasteiger partial charge is 0.164 e. The average molecular weight is 787 g/mol. The van der Waals surface area contributed by atoms with E-state index < -0.39 is 0 Å². The molecule has 12 rings (SSSR count). The zero-order valence-electron chi connectivity index (χ0n) is 34.9. The van der Waals surface area contributed by atoms with Crippen LogP contribution in [0.2, 0.25) is 0 Å². The van der Waals surface area contributed by atoms with Crippen LogP contribution in [-0.2, 0) is 5.41 Å². The van der Waals surface area contributed by atoms with E-state index in [9.17, 15) is 0 Å². The molecule has 2 heterocycles. The highest BCUT2D eigenvalue weighted by atomic mass is 15.0. The number of rotatable bonds is 5. The summed E-state index contributed by atoms with van der Waals surface area (Å²) in [6.07, 6.45) is 7.56. The van der Waals surface area contributed by atoms with Crippen LogP contribution in [0.4, 0.5) is 0 Å². The van der Waals surface area contributed by atoms with Gasteiger partial charge in [-0.2, -0.15) is 0 Å². The van der Waals surface area contributed by atoms with E-state index in [4.69, 9.17) is 15.0 Å². The number of hydrogen-bond acceptors (Lipinski definition) is 3. The number of benzene rings is 7. The minimum Gasteiger partial charge on any atom is -0.309 e. The highest BCUT2D eigenvalue weighted by molar-refractivity contribution is 6.16. The summed E-state index contributed by atoms with van der Waals surface area (Å²) in [6, 6.07) is 57.7. The van der Waals surface area contributed by atoms with E-state index in [1.165, 1.54) is 69.2 Å². The van der Waals surface area contributed by atoms with Gasteiger partial charge in [-0.3, -0.25) is 0 Å². The maximum Gasteiger partial charge on any atom is 0.164 e. The Morgan fingerprint density at radius 3 is 1.93 bits per heavy atom. The van der Waals surface area contributed by atoms with E-state index in [0.29, 0.717) is 23.4 Å². The van der Waals surface area contributed by atoms with Gasteiger partial charge < -0.3 is 4.57 Å². The molecule has 1 spiro atoms. The number of allylic oxidation sites excluding steroid dienone is 2. The topological polar surface area (TPSA) is 43.6 Å². The van der Waals surface area contributed by atoms with Crippen molar-refractivity contribution in [3.8, 4) is 62.1 Å². The molecule has 0 amide bonds. The Labute approximate surface area is 357 Å². The summed E-state index contributed by atoms with van der Waals surface area (Å²) in [5.41, 5.74) is 18.5. The predicted octanol–water partition coefficient (Wildman–Crippen LogP) is 14.3. The second-order valence-corrected chi connectivity index (χ2v) is 17.8. The highest BCUT2D eigenvalue weighted by Gasteiger charge is 2.50. The van der Waals surface area contributed by atoms with Crippen molar-refractivity contribution in [3.63, 3.8) is 0 Å². The molecule has 1 fully saturated rings. The Balaban J connectivity index is 1.13. The van der Waals surface area contributed by atoms with Crippen LogP contribution in [0.25, 0.3) is 83.9 Å². The van der Waals surface area contributed by atoms with E-state index in [-0.39, 0.29) is 5.41 Å². The van der Waals surface area contributed by atoms with Crippen molar-refractivity contribution in [1.82, 2.24) is 19.5 Å². The summed E-state index contributed by atoms with van der Waals surface area (Å²) < 4.78 is 2.41. The van der Waals surface area contributed by atoms with Crippen molar-refractivity contribution in [1.29, 1.82) is 0 Å². The van der Waals surface area contributed by atoms with E-state index in [0.717, 1.165) is 51.1 Å². The lowest BCUT2D eigenvalue weighted by molar-refractivity contribution is 0.285. The molecule has 0 radical (unpaired) electrons. The van der Waals surface area contributed by atoms with Gasteiger partial charge >= 0.3 is 0 Å². The van der Waals surface area contributed by atoms with Crippen molar-refractivity contribution < 1.29 is 0 Å². The molecule has 2 aromatic heterocycles. The Bertz CT molecular complexity index is 3160. The monoisotopic (exact) mass is 786 g/mol. The summed E-state index contributed by atoms with van der Waals surface area (Å²) in [5, 5.41) is 2.31. The predicted molar refractivity (Wildman–Crippen MR) is 251 cm³/mol. The van der Waals surface area contributed by atoms with Gasteiger partial charge in [0, 0.05) is 38.6 Å². The Morgan fingerprint density at radius 1 is 0.557 bits per heavy atom. The largest absolute Gasteiger partial charge is 0.309 e. The molecule has 1 saturated carbocycles. The van der Waals surface area contributed by atoms with Crippen LogP contribution in [0.5, 0.6) is 0 Å². The zero-order valence-corrected chi connectivity index (χ0v) is 34.9. The average Bonchev–Trinajstić information content (AvgIpc) is 3.79. The molecule has 294 valence electrons. The van der Waals surface area contributed by atoms with Crippen LogP contribution >= 0.6 is 0 Å². The van der Waals surface area contributed by atoms with Gasteiger partial charge in [0.25, 0.3) is 0 Å². The summed E-state index contributed by atoms with van der Waals surface area (Å²) in [5.74, 6) is 3.36. The fourth-order valence-corrected chi connectivity index (χ4v) is 11.3. The third kappa shape index (κ3) is 5.62. The van der Waals surface area contributed by atoms with Gasteiger partial charge in [0.15, 0.2) is 17.5 Å². The molecule has 9 aromatic rings. The van der Waals surface area contributed by atoms with Crippen LogP contribution in [-0.4, -0.2) is 19.5 Å². The molecule has 7 aromatic carbocycles. The SMILES string of the molecule is Cc1ccc(-c2nc(-c3ccc(C)cc3)nc(-c3cccc4c3c3cc(-c5cccc6c5C5(CCC7CC5=CC(C)C7)c5ccccc5-6)ccc3n4-c3ccccc3)n2)cc1. The first-order valence-electron chi connectivity index (χ1n) is 21.9. The van der Waals surface area contributed by atoms with Gasteiger partial charge in [-0.05, 0) is 115 Å². The molecule has 3 aliphatic carbocycles. The number of aromatic nitrogens is 4. The van der Waals surface area contributed by atoms with Crippen LogP contribution in [0.1, 0.15) is 54.9 Å². The summed E-state index contributed by atoms with van der Waals surface area (Å²) in [4.78, 5) is 15.7. The lowest BCUT2D eigenvalue weighted by Gasteiger charge is -2.46. The maximum absolute atomic E-state index is 5.29. The van der Waals surface area contributed by atoms with Gasteiger partial charge in [-0.25, -0.2) is 15.0 Å². The molecule has 0 N–H and O–H groups in total. The zero-order chi connectivity index (χ0) is 40.8.